The lowest BCUT2D eigenvalue weighted by Crippen LogP contribution is -2.41. The van der Waals surface area contributed by atoms with Gasteiger partial charge in [0.15, 0.2) is 11.4 Å². The second kappa shape index (κ2) is 10.1. The molecule has 0 spiro atoms. The molecule has 174 valence electrons. The van der Waals surface area contributed by atoms with Gasteiger partial charge < -0.3 is 28.8 Å². The summed E-state index contributed by atoms with van der Waals surface area (Å²) in [5.74, 6) is -0.183. The summed E-state index contributed by atoms with van der Waals surface area (Å²) in [6.45, 7) is 0.995. The maximum absolute atomic E-state index is 12.5. The second-order valence-electron chi connectivity index (χ2n) is 7.49. The summed E-state index contributed by atoms with van der Waals surface area (Å²) >= 11 is 5.71. The first-order valence-electron chi connectivity index (χ1n) is 10.3. The molecule has 2 fully saturated rings. The Bertz CT molecular complexity index is 1050. The molecule has 11 heteroatoms. The van der Waals surface area contributed by atoms with Gasteiger partial charge in [-0.3, -0.25) is 14.9 Å². The molecular formula is C22H22ClN3O7. The van der Waals surface area contributed by atoms with Crippen molar-refractivity contribution in [1.82, 2.24) is 4.90 Å². The Balaban J connectivity index is 1.34. The number of carbonyl (C=O) groups excluding carboxylic acids is 3. The lowest BCUT2D eigenvalue weighted by Gasteiger charge is -2.27. The van der Waals surface area contributed by atoms with Crippen molar-refractivity contribution in [2.45, 2.75) is 18.8 Å². The maximum Gasteiger partial charge on any atom is 0.413 e. The van der Waals surface area contributed by atoms with E-state index in [-0.39, 0.29) is 30.7 Å². The Morgan fingerprint density at radius 2 is 2.00 bits per heavy atom. The third-order valence-electron chi connectivity index (χ3n) is 5.15. The van der Waals surface area contributed by atoms with Gasteiger partial charge >= 0.3 is 6.09 Å². The van der Waals surface area contributed by atoms with Crippen LogP contribution in [0.1, 0.15) is 12.2 Å². The summed E-state index contributed by atoms with van der Waals surface area (Å²) in [6, 6.07) is 9.85. The van der Waals surface area contributed by atoms with E-state index in [1.165, 1.54) is 17.1 Å². The van der Waals surface area contributed by atoms with Crippen LogP contribution >= 0.6 is 11.6 Å². The Morgan fingerprint density at radius 3 is 2.70 bits per heavy atom. The number of β-amino-alcohol motifs (C(OH)–C–C–N with tert-alkyl or cyclic N) is 1. The summed E-state index contributed by atoms with van der Waals surface area (Å²) in [5, 5.41) is 12.8. The van der Waals surface area contributed by atoms with Crippen LogP contribution < -0.4 is 10.2 Å². The summed E-state index contributed by atoms with van der Waals surface area (Å²) in [4.78, 5) is 39.7. The van der Waals surface area contributed by atoms with Gasteiger partial charge in [-0.15, -0.1) is 0 Å². The minimum Gasteiger partial charge on any atom is -0.445 e. The molecule has 2 aliphatic heterocycles. The fourth-order valence-electron chi connectivity index (χ4n) is 3.58. The molecule has 2 saturated heterocycles. The number of halogens is 1. The zero-order valence-electron chi connectivity index (χ0n) is 17.5. The van der Waals surface area contributed by atoms with Crippen LogP contribution in [0.15, 0.2) is 46.9 Å². The number of morpholine rings is 1. The van der Waals surface area contributed by atoms with Crippen LogP contribution in [0.3, 0.4) is 0 Å². The Labute approximate surface area is 194 Å². The number of carbonyl (C=O) groups is 3. The predicted octanol–water partition coefficient (Wildman–Crippen LogP) is 2.48. The average molecular weight is 476 g/mol. The van der Waals surface area contributed by atoms with Gasteiger partial charge in [0.1, 0.15) is 12.4 Å². The number of likely N-dealkylation sites (tertiary alicyclic amines) is 1. The third-order valence-corrected chi connectivity index (χ3v) is 5.35. The first-order chi connectivity index (χ1) is 15.9. The Hall–Kier alpha value is -3.34. The molecule has 2 N–H and O–H groups in total. The number of anilines is 2. The van der Waals surface area contributed by atoms with Gasteiger partial charge in [0.2, 0.25) is 5.91 Å². The average Bonchev–Trinajstić information content (AvgIpc) is 3.37. The van der Waals surface area contributed by atoms with E-state index in [1.54, 1.807) is 41.3 Å². The van der Waals surface area contributed by atoms with Gasteiger partial charge in [0.25, 0.3) is 5.91 Å². The van der Waals surface area contributed by atoms with E-state index in [9.17, 15) is 19.5 Å². The van der Waals surface area contributed by atoms with Crippen molar-refractivity contribution in [3.05, 3.63) is 53.5 Å². The summed E-state index contributed by atoms with van der Waals surface area (Å²) in [7, 11) is 0. The predicted molar refractivity (Wildman–Crippen MR) is 119 cm³/mol. The first-order valence-corrected chi connectivity index (χ1v) is 10.6. The van der Waals surface area contributed by atoms with E-state index in [1.807, 2.05) is 0 Å². The Morgan fingerprint density at radius 1 is 1.21 bits per heavy atom. The largest absolute Gasteiger partial charge is 0.445 e. The highest BCUT2D eigenvalue weighted by atomic mass is 35.5. The van der Waals surface area contributed by atoms with Crippen molar-refractivity contribution in [1.29, 1.82) is 0 Å². The van der Waals surface area contributed by atoms with E-state index in [4.69, 9.17) is 25.5 Å². The monoisotopic (exact) mass is 475 g/mol. The standard InChI is InChI=1S/C22H22ClN3O7/c23-18-7-5-17(32-18)6-8-19(28)26-12-16(27)11-21(26)33-22(30)24-14-1-3-15(4-2-14)25-9-10-31-13-20(25)29/h1-8,16,21,27H,9-13H2,(H,24,30)/b8-6+/t16-,21-/m1/s1. The first kappa shape index (κ1) is 22.8. The molecule has 0 aliphatic carbocycles. The number of amides is 3. The SMILES string of the molecule is O=C(Nc1ccc(N2CCOCC2=O)cc1)O[C@@H]1C[C@@H](O)CN1C(=O)/C=C/c1ccc(Cl)o1. The fraction of sp³-hybridized carbons (Fsp3) is 0.318. The molecule has 3 amide bonds. The molecule has 2 atom stereocenters. The van der Waals surface area contributed by atoms with E-state index >= 15 is 0 Å². The van der Waals surface area contributed by atoms with Gasteiger partial charge in [-0.1, -0.05) is 0 Å². The molecule has 33 heavy (non-hydrogen) atoms. The minimum absolute atomic E-state index is 0.0301. The third kappa shape index (κ3) is 5.72. The van der Waals surface area contributed by atoms with Crippen LogP contribution in [-0.4, -0.2) is 66.5 Å². The fourth-order valence-corrected chi connectivity index (χ4v) is 3.73. The van der Waals surface area contributed by atoms with Crippen molar-refractivity contribution in [3.63, 3.8) is 0 Å². The molecule has 0 bridgehead atoms. The van der Waals surface area contributed by atoms with Crippen molar-refractivity contribution < 1.29 is 33.4 Å². The van der Waals surface area contributed by atoms with Gasteiger partial charge in [-0.2, -0.15) is 0 Å². The van der Waals surface area contributed by atoms with Crippen LogP contribution in [0.2, 0.25) is 5.22 Å². The number of hydrogen-bond donors (Lipinski definition) is 2. The van der Waals surface area contributed by atoms with Gasteiger partial charge in [0.05, 0.1) is 19.3 Å². The normalized spacial score (nSPS) is 21.0. The maximum atomic E-state index is 12.5. The van der Waals surface area contributed by atoms with Crippen molar-refractivity contribution >= 4 is 47.0 Å². The molecule has 2 aromatic rings. The number of furan rings is 1. The summed E-state index contributed by atoms with van der Waals surface area (Å²) < 4.78 is 15.7. The van der Waals surface area contributed by atoms with Crippen LogP contribution in [-0.2, 0) is 19.1 Å². The second-order valence-corrected chi connectivity index (χ2v) is 7.86. The Kier molecular flexibility index (Phi) is 6.97. The van der Waals surface area contributed by atoms with E-state index in [0.717, 1.165) is 0 Å². The molecule has 2 aliphatic rings. The van der Waals surface area contributed by atoms with Gasteiger partial charge in [0, 0.05) is 30.4 Å². The molecule has 4 rings (SSSR count). The van der Waals surface area contributed by atoms with E-state index in [0.29, 0.717) is 30.3 Å². The zero-order valence-corrected chi connectivity index (χ0v) is 18.2. The van der Waals surface area contributed by atoms with Crippen molar-refractivity contribution in [2.24, 2.45) is 0 Å². The number of nitrogens with one attached hydrogen (secondary N) is 1. The highest BCUT2D eigenvalue weighted by molar-refractivity contribution is 6.28. The van der Waals surface area contributed by atoms with Crippen molar-refractivity contribution in [3.8, 4) is 0 Å². The van der Waals surface area contributed by atoms with Crippen LogP contribution in [0, 0.1) is 0 Å². The van der Waals surface area contributed by atoms with Gasteiger partial charge in [-0.25, -0.2) is 4.79 Å². The van der Waals surface area contributed by atoms with Crippen LogP contribution in [0.25, 0.3) is 6.08 Å². The summed E-state index contributed by atoms with van der Waals surface area (Å²) in [5.41, 5.74) is 1.15. The number of aliphatic hydroxyl groups excluding tert-OH is 1. The molecule has 0 radical (unpaired) electrons. The van der Waals surface area contributed by atoms with Crippen LogP contribution in [0.5, 0.6) is 0 Å². The highest BCUT2D eigenvalue weighted by Gasteiger charge is 2.36. The molecule has 10 nitrogen and oxygen atoms in total. The number of aliphatic hydroxyl groups is 1. The lowest BCUT2D eigenvalue weighted by molar-refractivity contribution is -0.132. The van der Waals surface area contributed by atoms with E-state index in [2.05, 4.69) is 5.32 Å². The van der Waals surface area contributed by atoms with E-state index < -0.39 is 24.3 Å². The van der Waals surface area contributed by atoms with Gasteiger partial charge in [-0.05, 0) is 54.1 Å². The van der Waals surface area contributed by atoms with Crippen molar-refractivity contribution in [2.75, 3.05) is 36.5 Å². The smallest absolute Gasteiger partial charge is 0.413 e. The molecule has 0 unspecified atom stereocenters. The van der Waals surface area contributed by atoms with Crippen LogP contribution in [0.4, 0.5) is 16.2 Å². The molecular weight excluding hydrogens is 454 g/mol. The lowest BCUT2D eigenvalue weighted by atomic mass is 10.2. The zero-order chi connectivity index (χ0) is 23.4. The number of ether oxygens (including phenoxy) is 2. The number of hydrogen-bond acceptors (Lipinski definition) is 7. The molecule has 1 aromatic heterocycles. The minimum atomic E-state index is -0.928. The summed E-state index contributed by atoms with van der Waals surface area (Å²) in [6.07, 6.45) is 0.275. The molecule has 1 aromatic carbocycles. The highest BCUT2D eigenvalue weighted by Crippen LogP contribution is 2.23. The number of benzene rings is 1. The molecule has 3 heterocycles. The quantitative estimate of drug-likeness (QED) is 0.637. The number of nitrogens with zero attached hydrogens (tertiary/aromatic N) is 2. The molecule has 0 saturated carbocycles. The number of rotatable bonds is 5. The topological polar surface area (TPSA) is 122 Å².